The van der Waals surface area contributed by atoms with Crippen LogP contribution >= 0.6 is 0 Å². The molecule has 2 aromatic carbocycles. The van der Waals surface area contributed by atoms with E-state index in [0.717, 1.165) is 24.8 Å². The predicted octanol–water partition coefficient (Wildman–Crippen LogP) is 5.06. The third-order valence-corrected chi connectivity index (χ3v) is 4.70. The summed E-state index contributed by atoms with van der Waals surface area (Å²) in [7, 11) is 0. The normalized spacial score (nSPS) is 18.7. The van der Waals surface area contributed by atoms with Crippen molar-refractivity contribution in [3.05, 3.63) is 60.2 Å². The largest absolute Gasteiger partial charge is 0.354 e. The van der Waals surface area contributed by atoms with Gasteiger partial charge in [-0.25, -0.2) is 0 Å². The van der Waals surface area contributed by atoms with E-state index in [2.05, 4.69) is 53.5 Å². The second kappa shape index (κ2) is 5.45. The first kappa shape index (κ1) is 13.3. The number of ketones is 1. The van der Waals surface area contributed by atoms with E-state index in [1.54, 1.807) is 0 Å². The molecule has 0 aliphatic heterocycles. The van der Waals surface area contributed by atoms with Crippen LogP contribution in [-0.4, -0.2) is 10.8 Å². The van der Waals surface area contributed by atoms with E-state index < -0.39 is 0 Å². The van der Waals surface area contributed by atoms with Gasteiger partial charge in [-0.15, -0.1) is 0 Å². The summed E-state index contributed by atoms with van der Waals surface area (Å²) in [6.45, 7) is 0. The topological polar surface area (TPSA) is 32.9 Å². The standard InChI is InChI=1S/C20H19NO/c22-16-10-6-9-15(13-16)19-17-11-4-5-12-18(17)21-20(19)14-7-2-1-3-8-14/h1-5,7-8,11-12,15,21H,6,9-10,13H2. The van der Waals surface area contributed by atoms with E-state index in [4.69, 9.17) is 0 Å². The van der Waals surface area contributed by atoms with Gasteiger partial charge in [0, 0.05) is 29.4 Å². The lowest BCUT2D eigenvalue weighted by Crippen LogP contribution is -2.13. The minimum absolute atomic E-state index is 0.340. The van der Waals surface area contributed by atoms with Crippen LogP contribution < -0.4 is 0 Å². The molecule has 110 valence electrons. The monoisotopic (exact) mass is 289 g/mol. The van der Waals surface area contributed by atoms with Crippen molar-refractivity contribution in [3.8, 4) is 11.3 Å². The number of carbonyl (C=O) groups excluding carboxylic acids is 1. The van der Waals surface area contributed by atoms with Crippen molar-refractivity contribution in [1.29, 1.82) is 0 Å². The molecule has 1 heterocycles. The Labute approximate surface area is 130 Å². The fourth-order valence-corrected chi connectivity index (χ4v) is 3.69. The van der Waals surface area contributed by atoms with E-state index in [1.807, 2.05) is 6.07 Å². The minimum Gasteiger partial charge on any atom is -0.354 e. The molecule has 1 N–H and O–H groups in total. The van der Waals surface area contributed by atoms with Crippen molar-refractivity contribution >= 4 is 16.7 Å². The number of rotatable bonds is 2. The molecule has 3 aromatic rings. The lowest BCUT2D eigenvalue weighted by atomic mass is 9.81. The van der Waals surface area contributed by atoms with Gasteiger partial charge in [-0.1, -0.05) is 48.5 Å². The van der Waals surface area contributed by atoms with Crippen LogP contribution in [0.2, 0.25) is 0 Å². The molecule has 1 atom stereocenters. The molecular formula is C20H19NO. The summed E-state index contributed by atoms with van der Waals surface area (Å²) in [6, 6.07) is 18.9. The van der Waals surface area contributed by atoms with Gasteiger partial charge in [0.15, 0.2) is 0 Å². The van der Waals surface area contributed by atoms with Crippen molar-refractivity contribution < 1.29 is 4.79 Å². The summed E-state index contributed by atoms with van der Waals surface area (Å²) in [5.74, 6) is 0.744. The van der Waals surface area contributed by atoms with Crippen molar-refractivity contribution in [2.75, 3.05) is 0 Å². The van der Waals surface area contributed by atoms with Gasteiger partial charge in [0.05, 0.1) is 0 Å². The maximum absolute atomic E-state index is 11.9. The maximum atomic E-state index is 11.9. The number of nitrogens with one attached hydrogen (secondary N) is 1. The highest BCUT2D eigenvalue weighted by atomic mass is 16.1. The molecule has 1 saturated carbocycles. The van der Waals surface area contributed by atoms with Crippen molar-refractivity contribution in [2.24, 2.45) is 0 Å². The summed E-state index contributed by atoms with van der Waals surface area (Å²) in [5, 5.41) is 1.26. The van der Waals surface area contributed by atoms with Crippen molar-refractivity contribution in [3.63, 3.8) is 0 Å². The van der Waals surface area contributed by atoms with Gasteiger partial charge in [-0.3, -0.25) is 4.79 Å². The van der Waals surface area contributed by atoms with Gasteiger partial charge < -0.3 is 4.98 Å². The van der Waals surface area contributed by atoms with Crippen LogP contribution in [0.4, 0.5) is 0 Å². The Kier molecular flexibility index (Phi) is 3.30. The first-order valence-corrected chi connectivity index (χ1v) is 8.00. The number of para-hydroxylation sites is 1. The zero-order chi connectivity index (χ0) is 14.9. The summed E-state index contributed by atoms with van der Waals surface area (Å²) < 4.78 is 0. The molecule has 2 heteroatoms. The SMILES string of the molecule is O=C1CCCC(c2c(-c3ccccc3)[nH]c3ccccc23)C1. The van der Waals surface area contributed by atoms with Crippen molar-refractivity contribution in [2.45, 2.75) is 31.6 Å². The summed E-state index contributed by atoms with van der Waals surface area (Å²) in [5.41, 5.74) is 4.87. The highest BCUT2D eigenvalue weighted by molar-refractivity contribution is 5.92. The molecule has 0 amide bonds. The summed E-state index contributed by atoms with van der Waals surface area (Å²) in [4.78, 5) is 15.5. The van der Waals surface area contributed by atoms with E-state index in [1.165, 1.54) is 22.2 Å². The molecule has 0 spiro atoms. The number of hydrogen-bond donors (Lipinski definition) is 1. The fourth-order valence-electron chi connectivity index (χ4n) is 3.69. The van der Waals surface area contributed by atoms with Gasteiger partial charge in [0.1, 0.15) is 5.78 Å². The quantitative estimate of drug-likeness (QED) is 0.702. The Morgan fingerprint density at radius 3 is 2.55 bits per heavy atom. The predicted molar refractivity (Wildman–Crippen MR) is 90.0 cm³/mol. The van der Waals surface area contributed by atoms with Gasteiger partial charge in [-0.2, -0.15) is 0 Å². The maximum Gasteiger partial charge on any atom is 0.133 e. The van der Waals surface area contributed by atoms with Crippen LogP contribution in [0.3, 0.4) is 0 Å². The van der Waals surface area contributed by atoms with Gasteiger partial charge in [0.25, 0.3) is 0 Å². The van der Waals surface area contributed by atoms with Crippen LogP contribution in [0.1, 0.15) is 37.2 Å². The molecule has 1 unspecified atom stereocenters. The number of Topliss-reactive ketones (excluding diaryl/α,β-unsaturated/α-hetero) is 1. The lowest BCUT2D eigenvalue weighted by Gasteiger charge is -2.22. The van der Waals surface area contributed by atoms with E-state index in [9.17, 15) is 4.79 Å². The number of aromatic nitrogens is 1. The van der Waals surface area contributed by atoms with Crippen molar-refractivity contribution in [1.82, 2.24) is 4.98 Å². The average Bonchev–Trinajstić information content (AvgIpc) is 2.95. The third kappa shape index (κ3) is 2.25. The Morgan fingerprint density at radius 1 is 0.955 bits per heavy atom. The Morgan fingerprint density at radius 2 is 1.73 bits per heavy atom. The number of carbonyl (C=O) groups is 1. The molecule has 1 fully saturated rings. The van der Waals surface area contributed by atoms with Crippen LogP contribution in [0.25, 0.3) is 22.2 Å². The summed E-state index contributed by atoms with van der Waals surface area (Å²) in [6.07, 6.45) is 3.55. The number of aromatic amines is 1. The van der Waals surface area contributed by atoms with E-state index in [0.29, 0.717) is 18.1 Å². The number of H-pyrrole nitrogens is 1. The molecule has 0 bridgehead atoms. The second-order valence-corrected chi connectivity index (χ2v) is 6.16. The lowest BCUT2D eigenvalue weighted by molar-refractivity contribution is -0.120. The van der Waals surface area contributed by atoms with Crippen LogP contribution in [0, 0.1) is 0 Å². The fraction of sp³-hybridized carbons (Fsp3) is 0.250. The Balaban J connectivity index is 1.92. The molecule has 0 radical (unpaired) electrons. The molecule has 2 nitrogen and oxygen atoms in total. The second-order valence-electron chi connectivity index (χ2n) is 6.16. The van der Waals surface area contributed by atoms with Gasteiger partial charge >= 0.3 is 0 Å². The van der Waals surface area contributed by atoms with Crippen LogP contribution in [0.5, 0.6) is 0 Å². The van der Waals surface area contributed by atoms with E-state index >= 15 is 0 Å². The number of benzene rings is 2. The molecule has 1 aliphatic carbocycles. The highest BCUT2D eigenvalue weighted by Crippen LogP contribution is 2.41. The molecule has 1 aromatic heterocycles. The van der Waals surface area contributed by atoms with E-state index in [-0.39, 0.29) is 0 Å². The molecular weight excluding hydrogens is 270 g/mol. The smallest absolute Gasteiger partial charge is 0.133 e. The Hall–Kier alpha value is -2.35. The highest BCUT2D eigenvalue weighted by Gasteiger charge is 2.26. The molecule has 0 saturated heterocycles. The Bertz CT molecular complexity index is 816. The summed E-state index contributed by atoms with van der Waals surface area (Å²) >= 11 is 0. The molecule has 22 heavy (non-hydrogen) atoms. The zero-order valence-corrected chi connectivity index (χ0v) is 12.5. The zero-order valence-electron chi connectivity index (χ0n) is 12.5. The molecule has 4 rings (SSSR count). The first-order valence-electron chi connectivity index (χ1n) is 8.00. The van der Waals surface area contributed by atoms with Crippen LogP contribution in [0.15, 0.2) is 54.6 Å². The number of hydrogen-bond acceptors (Lipinski definition) is 1. The minimum atomic E-state index is 0.340. The third-order valence-electron chi connectivity index (χ3n) is 4.70. The average molecular weight is 289 g/mol. The van der Waals surface area contributed by atoms with Crippen LogP contribution in [-0.2, 0) is 4.79 Å². The van der Waals surface area contributed by atoms with Gasteiger partial charge in [-0.05, 0) is 36.0 Å². The molecule has 1 aliphatic rings. The first-order chi connectivity index (χ1) is 10.8. The number of fused-ring (bicyclic) bond motifs is 1. The van der Waals surface area contributed by atoms with Gasteiger partial charge in [0.2, 0.25) is 0 Å².